The minimum atomic E-state index is -4.63. The second kappa shape index (κ2) is 10.9. The average Bonchev–Trinajstić information content (AvgIpc) is 2.82. The third-order valence-corrected chi connectivity index (χ3v) is 5.52. The van der Waals surface area contributed by atoms with Crippen molar-refractivity contribution in [3.63, 3.8) is 0 Å². The highest BCUT2D eigenvalue weighted by Crippen LogP contribution is 2.31. The van der Waals surface area contributed by atoms with Gasteiger partial charge in [-0.25, -0.2) is 17.8 Å². The maximum absolute atomic E-state index is 14.4. The van der Waals surface area contributed by atoms with Gasteiger partial charge in [0.1, 0.15) is 29.1 Å². The average molecular weight is 528 g/mol. The summed E-state index contributed by atoms with van der Waals surface area (Å²) < 4.78 is 83.8. The van der Waals surface area contributed by atoms with Crippen LogP contribution < -0.4 is 14.9 Å². The Bertz CT molecular complexity index is 1320. The Balaban J connectivity index is 1.76. The molecule has 1 aromatic heterocycles. The van der Waals surface area contributed by atoms with Gasteiger partial charge in [-0.15, -0.1) is 0 Å². The van der Waals surface area contributed by atoms with E-state index in [-0.39, 0.29) is 29.1 Å². The van der Waals surface area contributed by atoms with Gasteiger partial charge in [-0.05, 0) is 35.9 Å². The fourth-order valence-corrected chi connectivity index (χ4v) is 3.91. The van der Waals surface area contributed by atoms with Crippen molar-refractivity contribution in [1.29, 1.82) is 5.26 Å². The molecule has 0 spiro atoms. The molecular weight excluding hydrogens is 506 g/mol. The van der Waals surface area contributed by atoms with Gasteiger partial charge < -0.3 is 15.0 Å². The summed E-state index contributed by atoms with van der Waals surface area (Å²) >= 11 is 0. The second-order valence-electron chi connectivity index (χ2n) is 7.74. The summed E-state index contributed by atoms with van der Waals surface area (Å²) in [5.41, 5.74) is -1.36. The van der Waals surface area contributed by atoms with Crippen LogP contribution in [0.3, 0.4) is 0 Å². The Morgan fingerprint density at radius 1 is 1.28 bits per heavy atom. The number of nitrogens with zero attached hydrogens (tertiary/aromatic N) is 3. The number of amides is 1. The number of pyridine rings is 1. The van der Waals surface area contributed by atoms with Gasteiger partial charge in [0.25, 0.3) is 0 Å². The molecule has 192 valence electrons. The van der Waals surface area contributed by atoms with Crippen LogP contribution in [0, 0.1) is 17.1 Å². The molecule has 0 radical (unpaired) electrons. The Labute approximate surface area is 204 Å². The zero-order chi connectivity index (χ0) is 26.5. The molecule has 1 amide bonds. The van der Waals surface area contributed by atoms with Gasteiger partial charge in [0.15, 0.2) is 0 Å². The molecule has 36 heavy (non-hydrogen) atoms. The second-order valence-corrected chi connectivity index (χ2v) is 9.49. The van der Waals surface area contributed by atoms with E-state index in [2.05, 4.69) is 10.3 Å². The summed E-state index contributed by atoms with van der Waals surface area (Å²) in [7, 11) is -3.83. The number of carbonyl (C=O) groups excluding carboxylic acids is 1. The SMILES string of the molecule is CS(=O)(=O)Nc1c(F)cc(CNC(=O)/C=C\c2ccc(C(F)(F)F)nc2N2CCOCC2)cc1C#N. The molecule has 1 aliphatic heterocycles. The van der Waals surface area contributed by atoms with Crippen LogP contribution in [-0.2, 0) is 32.3 Å². The summed E-state index contributed by atoms with van der Waals surface area (Å²) in [5, 5.41) is 11.7. The smallest absolute Gasteiger partial charge is 0.378 e. The van der Waals surface area contributed by atoms with E-state index in [1.807, 2.05) is 4.72 Å². The first-order chi connectivity index (χ1) is 16.9. The van der Waals surface area contributed by atoms with Crippen molar-refractivity contribution >= 4 is 33.5 Å². The van der Waals surface area contributed by atoms with E-state index in [0.29, 0.717) is 26.3 Å². The van der Waals surface area contributed by atoms with Gasteiger partial charge in [-0.2, -0.15) is 18.4 Å². The lowest BCUT2D eigenvalue weighted by atomic mass is 10.1. The molecule has 1 saturated heterocycles. The number of hydrogen-bond donors (Lipinski definition) is 2. The molecule has 0 bridgehead atoms. The lowest BCUT2D eigenvalue weighted by molar-refractivity contribution is -0.141. The third kappa shape index (κ3) is 7.15. The number of benzene rings is 1. The zero-order valence-corrected chi connectivity index (χ0v) is 19.7. The van der Waals surface area contributed by atoms with E-state index in [1.54, 1.807) is 11.0 Å². The van der Waals surface area contributed by atoms with Crippen molar-refractivity contribution < 1.29 is 35.5 Å². The van der Waals surface area contributed by atoms with Crippen LogP contribution in [0.15, 0.2) is 30.3 Å². The van der Waals surface area contributed by atoms with Crippen LogP contribution >= 0.6 is 0 Å². The van der Waals surface area contributed by atoms with Crippen molar-refractivity contribution in [2.24, 2.45) is 0 Å². The van der Waals surface area contributed by atoms with Gasteiger partial charge >= 0.3 is 6.18 Å². The molecule has 1 aromatic carbocycles. The number of carbonyl (C=O) groups is 1. The predicted octanol–water partition coefficient (Wildman–Crippen LogP) is 2.65. The molecule has 2 heterocycles. The molecule has 0 aliphatic carbocycles. The van der Waals surface area contributed by atoms with E-state index in [1.165, 1.54) is 18.2 Å². The Hall–Kier alpha value is -3.70. The van der Waals surface area contributed by atoms with Gasteiger partial charge in [-0.3, -0.25) is 9.52 Å². The van der Waals surface area contributed by atoms with E-state index >= 15 is 0 Å². The fourth-order valence-electron chi connectivity index (χ4n) is 3.33. The quantitative estimate of drug-likeness (QED) is 0.419. The van der Waals surface area contributed by atoms with Crippen LogP contribution in [0.25, 0.3) is 6.08 Å². The number of sulfonamides is 1. The van der Waals surface area contributed by atoms with Gasteiger partial charge in [0.05, 0.1) is 25.0 Å². The maximum Gasteiger partial charge on any atom is 0.433 e. The first kappa shape index (κ1) is 26.9. The van der Waals surface area contributed by atoms with Gasteiger partial charge in [0.2, 0.25) is 15.9 Å². The van der Waals surface area contributed by atoms with E-state index in [0.717, 1.165) is 24.5 Å². The summed E-state index contributed by atoms with van der Waals surface area (Å²) in [6.07, 6.45) is -1.42. The standard InChI is InChI=1S/C22H21F4N5O4S/c1-36(33,34)30-20-16(12-27)10-14(11-17(20)23)13-28-19(32)5-3-15-2-4-18(22(24,25)26)29-21(15)31-6-8-35-9-7-31/h2-5,10-11,30H,6-9,13H2,1H3,(H,28,32)/b5-3-. The van der Waals surface area contributed by atoms with E-state index < -0.39 is 39.3 Å². The van der Waals surface area contributed by atoms with E-state index in [9.17, 15) is 36.0 Å². The molecule has 1 aliphatic rings. The predicted molar refractivity (Wildman–Crippen MR) is 123 cm³/mol. The van der Waals surface area contributed by atoms with Crippen molar-refractivity contribution in [3.05, 3.63) is 58.5 Å². The van der Waals surface area contributed by atoms with Crippen LogP contribution in [-0.4, -0.2) is 51.9 Å². The topological polar surface area (TPSA) is 124 Å². The number of rotatable bonds is 7. The molecule has 14 heteroatoms. The van der Waals surface area contributed by atoms with Crippen molar-refractivity contribution in [2.75, 3.05) is 42.2 Å². The maximum atomic E-state index is 14.4. The fraction of sp³-hybridized carbons (Fsp3) is 0.318. The largest absolute Gasteiger partial charge is 0.433 e. The Kier molecular flexibility index (Phi) is 8.16. The highest BCUT2D eigenvalue weighted by atomic mass is 32.2. The monoisotopic (exact) mass is 527 g/mol. The van der Waals surface area contributed by atoms with E-state index in [4.69, 9.17) is 4.74 Å². The van der Waals surface area contributed by atoms with Gasteiger partial charge in [-0.1, -0.05) is 0 Å². The number of morpholine rings is 1. The first-order valence-corrected chi connectivity index (χ1v) is 12.3. The number of nitrogens with one attached hydrogen (secondary N) is 2. The lowest BCUT2D eigenvalue weighted by Gasteiger charge is -2.29. The Morgan fingerprint density at radius 2 is 1.97 bits per heavy atom. The number of aromatic nitrogens is 1. The lowest BCUT2D eigenvalue weighted by Crippen LogP contribution is -2.37. The summed E-state index contributed by atoms with van der Waals surface area (Å²) in [5.74, 6) is -1.57. The molecule has 0 saturated carbocycles. The molecule has 0 atom stereocenters. The first-order valence-electron chi connectivity index (χ1n) is 10.4. The van der Waals surface area contributed by atoms with Crippen LogP contribution in [0.5, 0.6) is 0 Å². The summed E-state index contributed by atoms with van der Waals surface area (Å²) in [4.78, 5) is 17.7. The molecule has 0 unspecified atom stereocenters. The minimum Gasteiger partial charge on any atom is -0.378 e. The van der Waals surface area contributed by atoms with Gasteiger partial charge in [0, 0.05) is 31.3 Å². The van der Waals surface area contributed by atoms with Crippen molar-refractivity contribution in [2.45, 2.75) is 12.7 Å². The number of ether oxygens (including phenoxy) is 1. The molecular formula is C22H21F4N5O4S. The molecule has 3 rings (SSSR count). The van der Waals surface area contributed by atoms with Crippen LogP contribution in [0.1, 0.15) is 22.4 Å². The number of hydrogen-bond acceptors (Lipinski definition) is 7. The van der Waals surface area contributed by atoms with Crippen molar-refractivity contribution in [1.82, 2.24) is 10.3 Å². The van der Waals surface area contributed by atoms with Crippen LogP contribution in [0.2, 0.25) is 0 Å². The highest BCUT2D eigenvalue weighted by Gasteiger charge is 2.33. The minimum absolute atomic E-state index is 0.0619. The molecule has 1 fully saturated rings. The Morgan fingerprint density at radius 3 is 2.58 bits per heavy atom. The summed E-state index contributed by atoms with van der Waals surface area (Å²) in [6.45, 7) is 1.11. The molecule has 2 aromatic rings. The van der Waals surface area contributed by atoms with Crippen LogP contribution in [0.4, 0.5) is 29.1 Å². The summed E-state index contributed by atoms with van der Waals surface area (Å²) in [6, 6.07) is 5.91. The number of alkyl halides is 3. The normalized spacial score (nSPS) is 14.5. The number of anilines is 2. The zero-order valence-electron chi connectivity index (χ0n) is 18.9. The molecule has 9 nitrogen and oxygen atoms in total. The highest BCUT2D eigenvalue weighted by molar-refractivity contribution is 7.92. The molecule has 2 N–H and O–H groups in total. The number of nitriles is 1. The third-order valence-electron chi connectivity index (χ3n) is 4.95. The van der Waals surface area contributed by atoms with Crippen molar-refractivity contribution in [3.8, 4) is 6.07 Å². The number of halogens is 4.